The molecule has 0 aromatic carbocycles. The Morgan fingerprint density at radius 3 is 2.69 bits per heavy atom. The van der Waals surface area contributed by atoms with Gasteiger partial charge < -0.3 is 5.32 Å². The zero-order chi connectivity index (χ0) is 9.84. The van der Waals surface area contributed by atoms with Crippen molar-refractivity contribution < 1.29 is 4.79 Å². The van der Waals surface area contributed by atoms with E-state index < -0.39 is 0 Å². The van der Waals surface area contributed by atoms with Crippen molar-refractivity contribution in [3.63, 3.8) is 0 Å². The molecule has 0 saturated heterocycles. The van der Waals surface area contributed by atoms with E-state index in [9.17, 15) is 4.79 Å². The van der Waals surface area contributed by atoms with Crippen molar-refractivity contribution in [2.75, 3.05) is 6.26 Å². The Morgan fingerprint density at radius 2 is 2.23 bits per heavy atom. The van der Waals surface area contributed by atoms with Crippen molar-refractivity contribution in [2.45, 2.75) is 32.1 Å². The molecule has 0 aliphatic carbocycles. The number of hydrogen-bond acceptors (Lipinski definition) is 2. The molecule has 13 heavy (non-hydrogen) atoms. The van der Waals surface area contributed by atoms with E-state index in [1.165, 1.54) is 0 Å². The zero-order valence-corrected chi connectivity index (χ0v) is 9.28. The Balaban J connectivity index is 2.80. The summed E-state index contributed by atoms with van der Waals surface area (Å²) in [5.41, 5.74) is 0.942. The lowest BCUT2D eigenvalue weighted by molar-refractivity contribution is -0.118. The first-order valence-corrected chi connectivity index (χ1v) is 6.06. The van der Waals surface area contributed by atoms with Gasteiger partial charge >= 0.3 is 0 Å². The molecule has 0 radical (unpaired) electrons. The predicted octanol–water partition coefficient (Wildman–Crippen LogP) is 2.17. The molecule has 1 heterocycles. The van der Waals surface area contributed by atoms with Crippen LogP contribution in [0.4, 0.5) is 0 Å². The molecule has 1 amide bonds. The minimum absolute atomic E-state index is 0.117. The topological polar surface area (TPSA) is 29.1 Å². The molecular weight excluding hydrogens is 182 g/mol. The minimum atomic E-state index is 0.117. The highest BCUT2D eigenvalue weighted by Crippen LogP contribution is 2.25. The van der Waals surface area contributed by atoms with Gasteiger partial charge in [0.1, 0.15) is 0 Å². The number of amides is 1. The van der Waals surface area contributed by atoms with Crippen LogP contribution in [0.2, 0.25) is 0 Å². The largest absolute Gasteiger partial charge is 0.340 e. The second-order valence-corrected chi connectivity index (χ2v) is 4.23. The Labute approximate surface area is 84.2 Å². The first-order valence-electron chi connectivity index (χ1n) is 4.77. The van der Waals surface area contributed by atoms with Crippen LogP contribution in [0, 0.1) is 5.92 Å². The second-order valence-electron chi connectivity index (χ2n) is 3.25. The summed E-state index contributed by atoms with van der Waals surface area (Å²) in [5.74, 6) is 0.620. The molecule has 1 aliphatic heterocycles. The van der Waals surface area contributed by atoms with Gasteiger partial charge in [0.05, 0.1) is 5.37 Å². The normalized spacial score (nSPS) is 28.2. The van der Waals surface area contributed by atoms with E-state index in [1.807, 2.05) is 13.2 Å². The smallest absolute Gasteiger partial charge is 0.247 e. The number of nitrogens with one attached hydrogen (secondary N) is 1. The lowest BCUT2D eigenvalue weighted by atomic mass is 9.97. The summed E-state index contributed by atoms with van der Waals surface area (Å²) in [4.78, 5) is 11.5. The summed E-state index contributed by atoms with van der Waals surface area (Å²) >= 11 is 1.72. The van der Waals surface area contributed by atoms with Crippen molar-refractivity contribution >= 4 is 17.7 Å². The molecule has 2 unspecified atom stereocenters. The average Bonchev–Trinajstić information content (AvgIpc) is 2.17. The van der Waals surface area contributed by atoms with E-state index in [0.717, 1.165) is 18.4 Å². The summed E-state index contributed by atoms with van der Waals surface area (Å²) in [7, 11) is 0. The zero-order valence-electron chi connectivity index (χ0n) is 8.46. The Bertz CT molecular complexity index is 225. The van der Waals surface area contributed by atoms with Crippen molar-refractivity contribution in [2.24, 2.45) is 5.92 Å². The monoisotopic (exact) mass is 199 g/mol. The molecule has 0 aromatic rings. The van der Waals surface area contributed by atoms with Crippen LogP contribution in [0.1, 0.15) is 26.7 Å². The van der Waals surface area contributed by atoms with Gasteiger partial charge in [-0.3, -0.25) is 4.79 Å². The third kappa shape index (κ3) is 2.27. The quantitative estimate of drug-likeness (QED) is 0.754. The van der Waals surface area contributed by atoms with Crippen molar-refractivity contribution in [1.82, 2.24) is 5.32 Å². The molecule has 1 aliphatic rings. The van der Waals surface area contributed by atoms with Crippen LogP contribution in [-0.2, 0) is 4.79 Å². The Morgan fingerprint density at radius 1 is 1.54 bits per heavy atom. The number of carbonyl (C=O) groups is 1. The Kier molecular flexibility index (Phi) is 3.85. The van der Waals surface area contributed by atoms with E-state index in [0.29, 0.717) is 5.92 Å². The fraction of sp³-hybridized carbons (Fsp3) is 0.700. The maximum atomic E-state index is 11.5. The second kappa shape index (κ2) is 4.70. The molecule has 3 heteroatoms. The molecule has 0 saturated carbocycles. The maximum Gasteiger partial charge on any atom is 0.247 e. The van der Waals surface area contributed by atoms with Crippen LogP contribution in [0.5, 0.6) is 0 Å². The van der Waals surface area contributed by atoms with Gasteiger partial charge in [0, 0.05) is 11.5 Å². The molecular formula is C10H17NOS. The van der Waals surface area contributed by atoms with Crippen LogP contribution in [-0.4, -0.2) is 17.5 Å². The number of carbonyl (C=O) groups excluding carboxylic acids is 1. The predicted molar refractivity (Wildman–Crippen MR) is 57.6 cm³/mol. The molecule has 2 nitrogen and oxygen atoms in total. The third-order valence-corrected chi connectivity index (χ3v) is 3.45. The minimum Gasteiger partial charge on any atom is -0.340 e. The lowest BCUT2D eigenvalue weighted by Crippen LogP contribution is -2.41. The van der Waals surface area contributed by atoms with Crippen LogP contribution < -0.4 is 5.32 Å². The van der Waals surface area contributed by atoms with E-state index in [4.69, 9.17) is 0 Å². The number of hydrogen-bond donors (Lipinski definition) is 1. The van der Waals surface area contributed by atoms with Crippen LogP contribution >= 0.6 is 11.8 Å². The van der Waals surface area contributed by atoms with Gasteiger partial charge in [-0.2, -0.15) is 0 Å². The highest BCUT2D eigenvalue weighted by Gasteiger charge is 2.26. The molecule has 0 bridgehead atoms. The summed E-state index contributed by atoms with van der Waals surface area (Å²) < 4.78 is 0. The van der Waals surface area contributed by atoms with Gasteiger partial charge in [-0.05, 0) is 19.1 Å². The van der Waals surface area contributed by atoms with Gasteiger partial charge in [-0.15, -0.1) is 11.8 Å². The van der Waals surface area contributed by atoms with E-state index in [2.05, 4.69) is 18.3 Å². The molecule has 1 rings (SSSR count). The average molecular weight is 199 g/mol. The van der Waals surface area contributed by atoms with Gasteiger partial charge in [0.2, 0.25) is 5.91 Å². The molecule has 74 valence electrons. The molecule has 0 aromatic heterocycles. The van der Waals surface area contributed by atoms with Crippen LogP contribution in [0.3, 0.4) is 0 Å². The first-order chi connectivity index (χ1) is 6.22. The number of thioether (sulfide) groups is 1. The summed E-state index contributed by atoms with van der Waals surface area (Å²) in [6.07, 6.45) is 6.11. The lowest BCUT2D eigenvalue weighted by Gasteiger charge is -2.28. The standard InChI is InChI=1S/C10H17NOS/c1-4-7-6-8(5-2)10(13-3)11-9(7)12/h6,8,10H,4-5H2,1-3H3,(H,11,12). The Hall–Kier alpha value is -0.440. The van der Waals surface area contributed by atoms with E-state index in [-0.39, 0.29) is 11.3 Å². The highest BCUT2D eigenvalue weighted by molar-refractivity contribution is 7.99. The van der Waals surface area contributed by atoms with Gasteiger partial charge in [0.15, 0.2) is 0 Å². The maximum absolute atomic E-state index is 11.5. The summed E-state index contributed by atoms with van der Waals surface area (Å²) in [6.45, 7) is 4.19. The summed E-state index contributed by atoms with van der Waals surface area (Å²) in [6, 6.07) is 0. The molecule has 2 atom stereocenters. The third-order valence-electron chi connectivity index (χ3n) is 2.48. The van der Waals surface area contributed by atoms with Gasteiger partial charge in [-0.25, -0.2) is 0 Å². The van der Waals surface area contributed by atoms with Crippen molar-refractivity contribution in [3.05, 3.63) is 11.6 Å². The van der Waals surface area contributed by atoms with E-state index in [1.54, 1.807) is 11.8 Å². The van der Waals surface area contributed by atoms with Crippen LogP contribution in [0.15, 0.2) is 11.6 Å². The fourth-order valence-electron chi connectivity index (χ4n) is 1.59. The van der Waals surface area contributed by atoms with Gasteiger partial charge in [-0.1, -0.05) is 19.9 Å². The van der Waals surface area contributed by atoms with Crippen molar-refractivity contribution in [1.29, 1.82) is 0 Å². The first kappa shape index (κ1) is 10.6. The molecule has 1 N–H and O–H groups in total. The van der Waals surface area contributed by atoms with Crippen LogP contribution in [0.25, 0.3) is 0 Å². The SMILES string of the molecule is CCC1=CC(CC)C(SC)NC1=O. The molecule has 0 spiro atoms. The molecule has 0 fully saturated rings. The highest BCUT2D eigenvalue weighted by atomic mass is 32.2. The summed E-state index contributed by atoms with van der Waals surface area (Å²) in [5, 5.41) is 3.29. The van der Waals surface area contributed by atoms with Crippen molar-refractivity contribution in [3.8, 4) is 0 Å². The van der Waals surface area contributed by atoms with E-state index >= 15 is 0 Å². The van der Waals surface area contributed by atoms with Gasteiger partial charge in [0.25, 0.3) is 0 Å². The fourth-order valence-corrected chi connectivity index (χ4v) is 2.44. The number of rotatable bonds is 3.